The molecule has 0 saturated carbocycles. The van der Waals surface area contributed by atoms with E-state index in [2.05, 4.69) is 5.32 Å². The Morgan fingerprint density at radius 2 is 2.00 bits per heavy atom. The number of carbonyl (C=O) groups excluding carboxylic acids is 3. The number of unbranched alkanes of at least 4 members (excludes halogenated alkanes) is 2. The van der Waals surface area contributed by atoms with Crippen molar-refractivity contribution < 1.29 is 19.6 Å². The maximum atomic E-state index is 11.1. The molecule has 0 aromatic carbocycles. The fourth-order valence-corrected chi connectivity index (χ4v) is 1.38. The second-order valence-electron chi connectivity index (χ2n) is 3.99. The van der Waals surface area contributed by atoms with Crippen LogP contribution in [0.5, 0.6) is 0 Å². The molecule has 2 amide bonds. The SMILES string of the molecule is CCC(=O)N(O)CCCCCNC(=O)CCC=O. The summed E-state index contributed by atoms with van der Waals surface area (Å²) in [5.74, 6) is -0.399. The fraction of sp³-hybridized carbons (Fsp3) is 0.750. The van der Waals surface area contributed by atoms with Gasteiger partial charge in [-0.1, -0.05) is 6.92 Å². The van der Waals surface area contributed by atoms with Crippen molar-refractivity contribution in [3.8, 4) is 0 Å². The number of amides is 2. The monoisotopic (exact) mass is 258 g/mol. The molecule has 0 spiro atoms. The number of nitrogens with one attached hydrogen (secondary N) is 1. The van der Waals surface area contributed by atoms with E-state index in [-0.39, 0.29) is 24.7 Å². The van der Waals surface area contributed by atoms with E-state index in [4.69, 9.17) is 0 Å². The predicted octanol–water partition coefficient (Wildman–Crippen LogP) is 0.880. The van der Waals surface area contributed by atoms with Crippen LogP contribution in [0.3, 0.4) is 0 Å². The summed E-state index contributed by atoms with van der Waals surface area (Å²) in [5.41, 5.74) is 0. The van der Waals surface area contributed by atoms with Gasteiger partial charge in [0.2, 0.25) is 11.8 Å². The average molecular weight is 258 g/mol. The molecule has 0 aliphatic carbocycles. The van der Waals surface area contributed by atoms with E-state index in [9.17, 15) is 19.6 Å². The summed E-state index contributed by atoms with van der Waals surface area (Å²) in [7, 11) is 0. The van der Waals surface area contributed by atoms with E-state index in [1.165, 1.54) is 0 Å². The van der Waals surface area contributed by atoms with Crippen molar-refractivity contribution in [1.29, 1.82) is 0 Å². The molecular formula is C12H22N2O4. The van der Waals surface area contributed by atoms with Gasteiger partial charge in [-0.3, -0.25) is 14.8 Å². The number of carbonyl (C=O) groups is 3. The van der Waals surface area contributed by atoms with Gasteiger partial charge < -0.3 is 10.1 Å². The lowest BCUT2D eigenvalue weighted by molar-refractivity contribution is -0.165. The molecular weight excluding hydrogens is 236 g/mol. The molecule has 0 aliphatic heterocycles. The van der Waals surface area contributed by atoms with Gasteiger partial charge in [0.15, 0.2) is 0 Å². The van der Waals surface area contributed by atoms with Crippen LogP contribution in [0.15, 0.2) is 0 Å². The highest BCUT2D eigenvalue weighted by atomic mass is 16.5. The lowest BCUT2D eigenvalue weighted by Gasteiger charge is -2.13. The third-order valence-electron chi connectivity index (χ3n) is 2.45. The molecule has 104 valence electrons. The van der Waals surface area contributed by atoms with Crippen LogP contribution in [0.4, 0.5) is 0 Å². The second kappa shape index (κ2) is 10.7. The number of nitrogens with zero attached hydrogens (tertiary/aromatic N) is 1. The van der Waals surface area contributed by atoms with E-state index >= 15 is 0 Å². The standard InChI is InChI=1S/C12H22N2O4/c1-2-12(17)14(18)9-5-3-4-8-13-11(16)7-6-10-15/h10,18H,2-9H2,1H3,(H,13,16). The number of hydrogen-bond donors (Lipinski definition) is 2. The Balaban J connectivity index is 3.38. The van der Waals surface area contributed by atoms with Crippen LogP contribution in [-0.2, 0) is 14.4 Å². The minimum absolute atomic E-state index is 0.118. The first-order valence-electron chi connectivity index (χ1n) is 6.31. The highest BCUT2D eigenvalue weighted by molar-refractivity contribution is 5.77. The van der Waals surface area contributed by atoms with E-state index < -0.39 is 0 Å². The van der Waals surface area contributed by atoms with Gasteiger partial charge in [-0.25, -0.2) is 5.06 Å². The van der Waals surface area contributed by atoms with E-state index in [1.54, 1.807) is 6.92 Å². The Morgan fingerprint density at radius 3 is 2.61 bits per heavy atom. The molecule has 18 heavy (non-hydrogen) atoms. The maximum absolute atomic E-state index is 11.1. The average Bonchev–Trinajstić information content (AvgIpc) is 2.38. The summed E-state index contributed by atoms with van der Waals surface area (Å²) in [4.78, 5) is 32.2. The zero-order valence-electron chi connectivity index (χ0n) is 10.9. The van der Waals surface area contributed by atoms with Gasteiger partial charge in [0.25, 0.3) is 0 Å². The first kappa shape index (κ1) is 16.6. The van der Waals surface area contributed by atoms with Crippen LogP contribution in [0.1, 0.15) is 45.4 Å². The molecule has 0 atom stereocenters. The Labute approximate surface area is 107 Å². The molecule has 0 unspecified atom stereocenters. The van der Waals surface area contributed by atoms with Crippen molar-refractivity contribution in [3.63, 3.8) is 0 Å². The summed E-state index contributed by atoms with van der Waals surface area (Å²) in [6, 6.07) is 0. The van der Waals surface area contributed by atoms with Crippen molar-refractivity contribution in [2.75, 3.05) is 13.1 Å². The zero-order valence-corrected chi connectivity index (χ0v) is 10.9. The highest BCUT2D eigenvalue weighted by Gasteiger charge is 2.06. The predicted molar refractivity (Wildman–Crippen MR) is 65.9 cm³/mol. The van der Waals surface area contributed by atoms with Gasteiger partial charge in [0.05, 0.1) is 0 Å². The number of aldehydes is 1. The van der Waals surface area contributed by atoms with Crippen molar-refractivity contribution in [1.82, 2.24) is 10.4 Å². The summed E-state index contributed by atoms with van der Waals surface area (Å²) >= 11 is 0. The molecule has 2 N–H and O–H groups in total. The normalized spacial score (nSPS) is 9.89. The summed E-state index contributed by atoms with van der Waals surface area (Å²) in [5, 5.41) is 12.7. The van der Waals surface area contributed by atoms with E-state index in [1.807, 2.05) is 0 Å². The zero-order chi connectivity index (χ0) is 13.8. The van der Waals surface area contributed by atoms with Crippen molar-refractivity contribution in [3.05, 3.63) is 0 Å². The topological polar surface area (TPSA) is 86.7 Å². The molecule has 0 bridgehead atoms. The van der Waals surface area contributed by atoms with Crippen molar-refractivity contribution >= 4 is 18.1 Å². The van der Waals surface area contributed by atoms with Crippen LogP contribution in [-0.4, -0.2) is 41.5 Å². The molecule has 6 heteroatoms. The van der Waals surface area contributed by atoms with E-state index in [0.717, 1.165) is 24.2 Å². The molecule has 0 aliphatic rings. The summed E-state index contributed by atoms with van der Waals surface area (Å²) in [6.07, 6.45) is 3.82. The molecule has 0 saturated heterocycles. The van der Waals surface area contributed by atoms with Crippen LogP contribution in [0.25, 0.3) is 0 Å². The molecule has 0 radical (unpaired) electrons. The minimum atomic E-state index is -0.280. The van der Waals surface area contributed by atoms with Gasteiger partial charge >= 0.3 is 0 Å². The fourth-order valence-electron chi connectivity index (χ4n) is 1.38. The smallest absolute Gasteiger partial charge is 0.245 e. The second-order valence-corrected chi connectivity index (χ2v) is 3.99. The van der Waals surface area contributed by atoms with Gasteiger partial charge in [0, 0.05) is 32.4 Å². The van der Waals surface area contributed by atoms with Gasteiger partial charge in [-0.2, -0.15) is 0 Å². The quantitative estimate of drug-likeness (QED) is 0.263. The molecule has 0 rings (SSSR count). The molecule has 0 aromatic heterocycles. The van der Waals surface area contributed by atoms with Crippen molar-refractivity contribution in [2.45, 2.75) is 45.4 Å². The highest BCUT2D eigenvalue weighted by Crippen LogP contribution is 1.98. The van der Waals surface area contributed by atoms with Crippen LogP contribution < -0.4 is 5.32 Å². The Kier molecular flexibility index (Phi) is 9.86. The number of rotatable bonds is 10. The molecule has 0 heterocycles. The van der Waals surface area contributed by atoms with Crippen LogP contribution >= 0.6 is 0 Å². The largest absolute Gasteiger partial charge is 0.356 e. The number of hydroxylamine groups is 2. The molecule has 6 nitrogen and oxygen atoms in total. The van der Waals surface area contributed by atoms with Crippen LogP contribution in [0, 0.1) is 0 Å². The third-order valence-corrected chi connectivity index (χ3v) is 2.45. The Morgan fingerprint density at radius 1 is 1.28 bits per heavy atom. The summed E-state index contributed by atoms with van der Waals surface area (Å²) in [6.45, 7) is 2.58. The minimum Gasteiger partial charge on any atom is -0.356 e. The van der Waals surface area contributed by atoms with Gasteiger partial charge in [0.1, 0.15) is 6.29 Å². The Bertz CT molecular complexity index is 269. The lowest BCUT2D eigenvalue weighted by atomic mass is 10.2. The van der Waals surface area contributed by atoms with Crippen LogP contribution in [0.2, 0.25) is 0 Å². The first-order chi connectivity index (χ1) is 8.61. The number of hydrogen-bond acceptors (Lipinski definition) is 4. The first-order valence-corrected chi connectivity index (χ1v) is 6.31. The van der Waals surface area contributed by atoms with E-state index in [0.29, 0.717) is 25.9 Å². The summed E-state index contributed by atoms with van der Waals surface area (Å²) < 4.78 is 0. The van der Waals surface area contributed by atoms with Gasteiger partial charge in [-0.05, 0) is 19.3 Å². The van der Waals surface area contributed by atoms with Gasteiger partial charge in [-0.15, -0.1) is 0 Å². The lowest BCUT2D eigenvalue weighted by Crippen LogP contribution is -2.28. The third kappa shape index (κ3) is 8.69. The molecule has 0 fully saturated rings. The molecule has 0 aromatic rings. The van der Waals surface area contributed by atoms with Crippen molar-refractivity contribution in [2.24, 2.45) is 0 Å². The Hall–Kier alpha value is -1.43. The maximum Gasteiger partial charge on any atom is 0.245 e.